The summed E-state index contributed by atoms with van der Waals surface area (Å²) >= 11 is 6.19. The Bertz CT molecular complexity index is 1540. The van der Waals surface area contributed by atoms with E-state index in [1.54, 1.807) is 19.1 Å². The van der Waals surface area contributed by atoms with Gasteiger partial charge in [0.15, 0.2) is 6.10 Å². The zero-order valence-corrected chi connectivity index (χ0v) is 22.9. The normalized spacial score (nSPS) is 13.9. The van der Waals surface area contributed by atoms with Gasteiger partial charge in [-0.25, -0.2) is 4.79 Å². The minimum absolute atomic E-state index is 0.421. The lowest BCUT2D eigenvalue weighted by atomic mass is 9.95. The van der Waals surface area contributed by atoms with Crippen molar-refractivity contribution in [1.82, 2.24) is 9.88 Å². The van der Waals surface area contributed by atoms with E-state index in [2.05, 4.69) is 22.3 Å². The summed E-state index contributed by atoms with van der Waals surface area (Å²) in [5.41, 5.74) is 5.39. The fourth-order valence-corrected chi connectivity index (χ4v) is 5.05. The zero-order chi connectivity index (χ0) is 27.5. The second kappa shape index (κ2) is 11.4. The first-order valence-electron chi connectivity index (χ1n) is 12.9. The Morgan fingerprint density at radius 1 is 1.10 bits per heavy atom. The van der Waals surface area contributed by atoms with E-state index in [4.69, 9.17) is 26.1 Å². The Kier molecular flexibility index (Phi) is 7.82. The lowest BCUT2D eigenvalue weighted by Gasteiger charge is -2.30. The number of carbonyl (C=O) groups excluding carboxylic acids is 2. The molecule has 2 heterocycles. The van der Waals surface area contributed by atoms with E-state index in [9.17, 15) is 9.59 Å². The van der Waals surface area contributed by atoms with Crippen LogP contribution in [0.5, 0.6) is 5.75 Å². The molecule has 1 atom stereocenters. The van der Waals surface area contributed by atoms with Crippen LogP contribution in [0, 0.1) is 6.92 Å². The number of aromatic nitrogens is 1. The average Bonchev–Trinajstić information content (AvgIpc) is 2.94. The molecule has 1 unspecified atom stereocenters. The van der Waals surface area contributed by atoms with Gasteiger partial charge in [-0.15, -0.1) is 0 Å². The molecule has 200 valence electrons. The van der Waals surface area contributed by atoms with Gasteiger partial charge in [0.25, 0.3) is 5.91 Å². The number of benzene rings is 3. The third kappa shape index (κ3) is 5.75. The molecule has 7 nitrogen and oxygen atoms in total. The highest BCUT2D eigenvalue weighted by atomic mass is 35.5. The van der Waals surface area contributed by atoms with E-state index >= 15 is 0 Å². The summed E-state index contributed by atoms with van der Waals surface area (Å²) in [5.74, 6) is -0.597. The second-order valence-corrected chi connectivity index (χ2v) is 10.1. The SMILES string of the molecule is COc1cc(Cl)c(C)cc1NC(=O)C(C)OC(=O)c1c2c(nc3ccccc13)CCN(Cc1ccccc1)C2. The molecule has 1 amide bonds. The Morgan fingerprint density at radius 2 is 1.85 bits per heavy atom. The molecule has 0 saturated heterocycles. The average molecular weight is 544 g/mol. The molecule has 0 bridgehead atoms. The highest BCUT2D eigenvalue weighted by molar-refractivity contribution is 6.31. The van der Waals surface area contributed by atoms with Gasteiger partial charge in [-0.1, -0.05) is 60.1 Å². The largest absolute Gasteiger partial charge is 0.495 e. The van der Waals surface area contributed by atoms with Crippen molar-refractivity contribution in [1.29, 1.82) is 0 Å². The Balaban J connectivity index is 1.40. The molecular formula is C31H30ClN3O4. The smallest absolute Gasteiger partial charge is 0.339 e. The zero-order valence-electron chi connectivity index (χ0n) is 22.2. The van der Waals surface area contributed by atoms with Gasteiger partial charge >= 0.3 is 5.97 Å². The lowest BCUT2D eigenvalue weighted by Crippen LogP contribution is -2.34. The maximum Gasteiger partial charge on any atom is 0.339 e. The van der Waals surface area contributed by atoms with Gasteiger partial charge in [0, 0.05) is 53.8 Å². The number of nitrogens with zero attached hydrogens (tertiary/aromatic N) is 2. The molecule has 1 aromatic heterocycles. The number of esters is 1. The van der Waals surface area contributed by atoms with E-state index in [-0.39, 0.29) is 0 Å². The van der Waals surface area contributed by atoms with E-state index < -0.39 is 18.0 Å². The number of hydrogen-bond acceptors (Lipinski definition) is 6. The molecule has 0 saturated carbocycles. The maximum atomic E-state index is 13.7. The monoisotopic (exact) mass is 543 g/mol. The van der Waals surface area contributed by atoms with Crippen molar-refractivity contribution in [2.75, 3.05) is 19.0 Å². The van der Waals surface area contributed by atoms with Gasteiger partial charge in [-0.05, 0) is 37.1 Å². The molecule has 39 heavy (non-hydrogen) atoms. The first kappa shape index (κ1) is 26.7. The van der Waals surface area contributed by atoms with Crippen LogP contribution in [0.3, 0.4) is 0 Å². The number of pyridine rings is 1. The first-order chi connectivity index (χ1) is 18.8. The molecule has 3 aromatic carbocycles. The van der Waals surface area contributed by atoms with E-state index in [1.807, 2.05) is 49.4 Å². The number of fused-ring (bicyclic) bond motifs is 2. The van der Waals surface area contributed by atoms with Gasteiger partial charge in [0.1, 0.15) is 5.75 Å². The topological polar surface area (TPSA) is 80.8 Å². The minimum Gasteiger partial charge on any atom is -0.495 e. The van der Waals surface area contributed by atoms with Crippen LogP contribution in [0.15, 0.2) is 66.7 Å². The van der Waals surface area contributed by atoms with Gasteiger partial charge in [-0.3, -0.25) is 14.7 Å². The number of hydrogen-bond donors (Lipinski definition) is 1. The Morgan fingerprint density at radius 3 is 2.62 bits per heavy atom. The molecule has 0 aliphatic carbocycles. The highest BCUT2D eigenvalue weighted by Gasteiger charge is 2.29. The van der Waals surface area contributed by atoms with E-state index in [0.717, 1.165) is 41.8 Å². The minimum atomic E-state index is -1.05. The fraction of sp³-hybridized carbons (Fsp3) is 0.258. The van der Waals surface area contributed by atoms with Crippen molar-refractivity contribution < 1.29 is 19.1 Å². The maximum absolute atomic E-state index is 13.7. The first-order valence-corrected chi connectivity index (χ1v) is 13.2. The molecule has 5 rings (SSSR count). The van der Waals surface area contributed by atoms with Gasteiger partial charge < -0.3 is 14.8 Å². The van der Waals surface area contributed by atoms with Crippen LogP contribution in [0.4, 0.5) is 5.69 Å². The number of halogens is 1. The van der Waals surface area contributed by atoms with E-state index in [0.29, 0.717) is 34.0 Å². The number of anilines is 1. The van der Waals surface area contributed by atoms with Crippen LogP contribution < -0.4 is 10.1 Å². The van der Waals surface area contributed by atoms with Crippen LogP contribution in [0.25, 0.3) is 10.9 Å². The van der Waals surface area contributed by atoms with Crippen molar-refractivity contribution in [3.63, 3.8) is 0 Å². The van der Waals surface area contributed by atoms with Crippen molar-refractivity contribution in [3.8, 4) is 5.75 Å². The van der Waals surface area contributed by atoms with Crippen molar-refractivity contribution in [2.45, 2.75) is 39.5 Å². The summed E-state index contributed by atoms with van der Waals surface area (Å²) in [4.78, 5) is 33.9. The molecule has 1 aliphatic heterocycles. The van der Waals surface area contributed by atoms with E-state index in [1.165, 1.54) is 12.7 Å². The highest BCUT2D eigenvalue weighted by Crippen LogP contribution is 2.32. The Hall–Kier alpha value is -3.94. The van der Waals surface area contributed by atoms with Crippen LogP contribution in [0.2, 0.25) is 5.02 Å². The number of aryl methyl sites for hydroxylation is 1. The predicted molar refractivity (Wildman–Crippen MR) is 152 cm³/mol. The molecule has 0 fully saturated rings. The molecule has 8 heteroatoms. The quantitative estimate of drug-likeness (QED) is 0.290. The number of carbonyl (C=O) groups is 2. The third-order valence-electron chi connectivity index (χ3n) is 6.97. The van der Waals surface area contributed by atoms with Gasteiger partial charge in [0.05, 0.1) is 23.9 Å². The summed E-state index contributed by atoms with van der Waals surface area (Å²) in [6.07, 6.45) is -0.330. The molecule has 1 aliphatic rings. The van der Waals surface area contributed by atoms with Crippen molar-refractivity contribution in [2.24, 2.45) is 0 Å². The fourth-order valence-electron chi connectivity index (χ4n) is 4.89. The lowest BCUT2D eigenvalue weighted by molar-refractivity contribution is -0.123. The second-order valence-electron chi connectivity index (χ2n) is 9.71. The standard InChI is InChI=1S/C31H30ClN3O4/c1-19-15-27(28(38-3)16-24(19)32)34-30(36)20(2)39-31(37)29-22-11-7-8-12-25(22)33-26-13-14-35(18-23(26)29)17-21-9-5-4-6-10-21/h4-12,15-16,20H,13-14,17-18H2,1-3H3,(H,34,36). The summed E-state index contributed by atoms with van der Waals surface area (Å²) in [7, 11) is 1.50. The van der Waals surface area contributed by atoms with Crippen LogP contribution in [-0.4, -0.2) is 41.5 Å². The molecule has 0 spiro atoms. The number of amides is 1. The molecule has 0 radical (unpaired) electrons. The number of nitrogens with one attached hydrogen (secondary N) is 1. The number of para-hydroxylation sites is 1. The predicted octanol–water partition coefficient (Wildman–Crippen LogP) is 5.95. The van der Waals surface area contributed by atoms with Crippen molar-refractivity contribution >= 4 is 40.1 Å². The van der Waals surface area contributed by atoms with Crippen LogP contribution in [-0.2, 0) is 29.0 Å². The van der Waals surface area contributed by atoms with Gasteiger partial charge in [-0.2, -0.15) is 0 Å². The number of ether oxygens (including phenoxy) is 2. The Labute approximate surface area is 232 Å². The van der Waals surface area contributed by atoms with Crippen molar-refractivity contribution in [3.05, 3.63) is 99.7 Å². The summed E-state index contributed by atoms with van der Waals surface area (Å²) in [5, 5.41) is 4.04. The van der Waals surface area contributed by atoms with Crippen LogP contribution >= 0.6 is 11.6 Å². The third-order valence-corrected chi connectivity index (χ3v) is 7.38. The van der Waals surface area contributed by atoms with Crippen LogP contribution in [0.1, 0.15) is 39.7 Å². The summed E-state index contributed by atoms with van der Waals surface area (Å²) in [6.45, 7) is 5.56. The molecule has 1 N–H and O–H groups in total. The van der Waals surface area contributed by atoms with Gasteiger partial charge in [0.2, 0.25) is 0 Å². The molecule has 4 aromatic rings. The number of rotatable bonds is 7. The summed E-state index contributed by atoms with van der Waals surface area (Å²) in [6, 6.07) is 21.2. The molecular weight excluding hydrogens is 514 g/mol. The summed E-state index contributed by atoms with van der Waals surface area (Å²) < 4.78 is 11.1. The number of methoxy groups -OCH3 is 1.